The van der Waals surface area contributed by atoms with E-state index in [0.29, 0.717) is 0 Å². The van der Waals surface area contributed by atoms with Crippen LogP contribution in [0.2, 0.25) is 0 Å². The molecule has 1 N–H and O–H groups in total. The molecule has 82 valence electrons. The highest BCUT2D eigenvalue weighted by molar-refractivity contribution is 4.77. The quantitative estimate of drug-likeness (QED) is 0.675. The van der Waals surface area contributed by atoms with E-state index >= 15 is 0 Å². The number of hydrogen-bond donors (Lipinski definition) is 1. The molecule has 1 saturated carbocycles. The molecule has 0 aromatic carbocycles. The summed E-state index contributed by atoms with van der Waals surface area (Å²) in [6, 6.07) is 0.771. The molecule has 0 amide bonds. The molecule has 14 heavy (non-hydrogen) atoms. The average molecular weight is 196 g/mol. The average Bonchev–Trinajstić information content (AvgIpc) is 2.96. The number of hydrogen-bond acceptors (Lipinski definition) is 2. The lowest BCUT2D eigenvalue weighted by atomic mass is 10.1. The van der Waals surface area contributed by atoms with Gasteiger partial charge in [-0.05, 0) is 51.7 Å². The second-order valence-electron chi connectivity index (χ2n) is 5.14. The Morgan fingerprint density at radius 3 is 2.86 bits per heavy atom. The number of nitrogens with one attached hydrogen (secondary N) is 1. The third kappa shape index (κ3) is 3.58. The second kappa shape index (κ2) is 5.13. The molecule has 2 heteroatoms. The van der Waals surface area contributed by atoms with Gasteiger partial charge in [0.1, 0.15) is 0 Å². The van der Waals surface area contributed by atoms with Crippen LogP contribution in [0.25, 0.3) is 0 Å². The van der Waals surface area contributed by atoms with Crippen molar-refractivity contribution in [3.8, 4) is 0 Å². The Morgan fingerprint density at radius 1 is 1.29 bits per heavy atom. The fourth-order valence-corrected chi connectivity index (χ4v) is 2.44. The fraction of sp³-hybridized carbons (Fsp3) is 1.00. The molecule has 1 heterocycles. The van der Waals surface area contributed by atoms with E-state index in [-0.39, 0.29) is 0 Å². The van der Waals surface area contributed by atoms with Crippen molar-refractivity contribution in [2.75, 3.05) is 26.7 Å². The van der Waals surface area contributed by atoms with Gasteiger partial charge in [-0.2, -0.15) is 0 Å². The van der Waals surface area contributed by atoms with Crippen molar-refractivity contribution in [3.63, 3.8) is 0 Å². The molecule has 2 rings (SSSR count). The maximum atomic E-state index is 3.69. The first kappa shape index (κ1) is 10.4. The summed E-state index contributed by atoms with van der Waals surface area (Å²) in [6.07, 6.45) is 8.63. The fourth-order valence-electron chi connectivity index (χ4n) is 2.44. The van der Waals surface area contributed by atoms with Crippen LogP contribution < -0.4 is 5.32 Å². The smallest absolute Gasteiger partial charge is 0.0195 e. The van der Waals surface area contributed by atoms with Gasteiger partial charge >= 0.3 is 0 Å². The van der Waals surface area contributed by atoms with Crippen LogP contribution in [0.5, 0.6) is 0 Å². The van der Waals surface area contributed by atoms with Crippen molar-refractivity contribution in [3.05, 3.63) is 0 Å². The first-order valence-corrected chi connectivity index (χ1v) is 6.26. The van der Waals surface area contributed by atoms with Crippen molar-refractivity contribution in [2.45, 2.75) is 44.6 Å². The molecule has 1 aliphatic carbocycles. The van der Waals surface area contributed by atoms with Crippen molar-refractivity contribution in [1.29, 1.82) is 0 Å². The minimum Gasteiger partial charge on any atom is -0.313 e. The Balaban J connectivity index is 1.50. The van der Waals surface area contributed by atoms with Crippen LogP contribution in [0.4, 0.5) is 0 Å². The van der Waals surface area contributed by atoms with E-state index in [4.69, 9.17) is 0 Å². The molecule has 2 nitrogen and oxygen atoms in total. The zero-order valence-electron chi connectivity index (χ0n) is 9.47. The highest BCUT2D eigenvalue weighted by Crippen LogP contribution is 2.33. The number of rotatable bonds is 5. The highest BCUT2D eigenvalue weighted by Gasteiger charge is 2.20. The number of likely N-dealkylation sites (tertiary alicyclic amines) is 1. The summed E-state index contributed by atoms with van der Waals surface area (Å²) in [5, 5.41) is 3.69. The largest absolute Gasteiger partial charge is 0.313 e. The summed E-state index contributed by atoms with van der Waals surface area (Å²) in [6.45, 7) is 3.79. The van der Waals surface area contributed by atoms with Crippen LogP contribution >= 0.6 is 0 Å². The Morgan fingerprint density at radius 2 is 2.14 bits per heavy atom. The molecule has 1 aliphatic heterocycles. The summed E-state index contributed by atoms with van der Waals surface area (Å²) >= 11 is 0. The zero-order valence-corrected chi connectivity index (χ0v) is 9.47. The lowest BCUT2D eigenvalue weighted by Crippen LogP contribution is -2.44. The SMILES string of the molecule is CN1CCCC(NCCCC2CC2)C1. The van der Waals surface area contributed by atoms with E-state index < -0.39 is 0 Å². The molecule has 0 spiro atoms. The molecule has 0 bridgehead atoms. The van der Waals surface area contributed by atoms with E-state index in [2.05, 4.69) is 17.3 Å². The van der Waals surface area contributed by atoms with Gasteiger partial charge in [0.05, 0.1) is 0 Å². The molecule has 0 aromatic heterocycles. The van der Waals surface area contributed by atoms with Crippen molar-refractivity contribution < 1.29 is 0 Å². The third-order valence-electron chi connectivity index (χ3n) is 3.54. The third-order valence-corrected chi connectivity index (χ3v) is 3.54. The lowest BCUT2D eigenvalue weighted by molar-refractivity contribution is 0.227. The van der Waals surface area contributed by atoms with Crippen LogP contribution in [0.3, 0.4) is 0 Å². The first-order valence-electron chi connectivity index (χ1n) is 6.26. The predicted octanol–water partition coefficient (Wildman–Crippen LogP) is 1.86. The van der Waals surface area contributed by atoms with Gasteiger partial charge in [-0.3, -0.25) is 0 Å². The minimum absolute atomic E-state index is 0.771. The summed E-state index contributed by atoms with van der Waals surface area (Å²) < 4.78 is 0. The topological polar surface area (TPSA) is 15.3 Å². The summed E-state index contributed by atoms with van der Waals surface area (Å²) in [5.74, 6) is 1.10. The number of likely N-dealkylation sites (N-methyl/N-ethyl adjacent to an activating group) is 1. The molecule has 2 aliphatic rings. The van der Waals surface area contributed by atoms with Gasteiger partial charge in [0, 0.05) is 12.6 Å². The lowest BCUT2D eigenvalue weighted by Gasteiger charge is -2.30. The molecule has 1 unspecified atom stereocenters. The van der Waals surface area contributed by atoms with E-state index in [0.717, 1.165) is 12.0 Å². The van der Waals surface area contributed by atoms with Gasteiger partial charge in [-0.25, -0.2) is 0 Å². The van der Waals surface area contributed by atoms with Crippen LogP contribution in [0.15, 0.2) is 0 Å². The molecule has 2 fully saturated rings. The van der Waals surface area contributed by atoms with Crippen molar-refractivity contribution >= 4 is 0 Å². The van der Waals surface area contributed by atoms with Gasteiger partial charge < -0.3 is 10.2 Å². The Bertz CT molecular complexity index is 166. The Labute approximate surface area is 88.1 Å². The van der Waals surface area contributed by atoms with Gasteiger partial charge in [-0.1, -0.05) is 12.8 Å². The molecular formula is C12H24N2. The van der Waals surface area contributed by atoms with Gasteiger partial charge in [-0.15, -0.1) is 0 Å². The Hall–Kier alpha value is -0.0800. The number of piperidine rings is 1. The molecule has 1 saturated heterocycles. The van der Waals surface area contributed by atoms with E-state index in [1.165, 1.54) is 58.2 Å². The first-order chi connectivity index (χ1) is 6.84. The minimum atomic E-state index is 0.771. The summed E-state index contributed by atoms with van der Waals surface area (Å²) in [5.41, 5.74) is 0. The van der Waals surface area contributed by atoms with Crippen LogP contribution in [0, 0.1) is 5.92 Å². The second-order valence-corrected chi connectivity index (χ2v) is 5.14. The van der Waals surface area contributed by atoms with Crippen LogP contribution in [-0.2, 0) is 0 Å². The number of nitrogens with zero attached hydrogens (tertiary/aromatic N) is 1. The predicted molar refractivity (Wildman–Crippen MR) is 60.5 cm³/mol. The standard InChI is InChI=1S/C12H24N2/c1-14-9-3-5-12(10-14)13-8-2-4-11-6-7-11/h11-13H,2-10H2,1H3. The maximum absolute atomic E-state index is 3.69. The Kier molecular flexibility index (Phi) is 3.82. The molecule has 0 aromatic rings. The van der Waals surface area contributed by atoms with E-state index in [9.17, 15) is 0 Å². The monoisotopic (exact) mass is 196 g/mol. The highest BCUT2D eigenvalue weighted by atomic mass is 15.1. The van der Waals surface area contributed by atoms with Gasteiger partial charge in [0.2, 0.25) is 0 Å². The van der Waals surface area contributed by atoms with Crippen LogP contribution in [0.1, 0.15) is 38.5 Å². The molecular weight excluding hydrogens is 172 g/mol. The zero-order chi connectivity index (χ0) is 9.80. The summed E-state index contributed by atoms with van der Waals surface area (Å²) in [4.78, 5) is 2.45. The van der Waals surface area contributed by atoms with Gasteiger partial charge in [0.25, 0.3) is 0 Å². The van der Waals surface area contributed by atoms with Crippen molar-refractivity contribution in [1.82, 2.24) is 10.2 Å². The molecule has 1 atom stereocenters. The van der Waals surface area contributed by atoms with Crippen LogP contribution in [-0.4, -0.2) is 37.6 Å². The van der Waals surface area contributed by atoms with Crippen molar-refractivity contribution in [2.24, 2.45) is 5.92 Å². The maximum Gasteiger partial charge on any atom is 0.0195 e. The van der Waals surface area contributed by atoms with E-state index in [1.54, 1.807) is 0 Å². The normalized spacial score (nSPS) is 29.4. The molecule has 0 radical (unpaired) electrons. The van der Waals surface area contributed by atoms with Gasteiger partial charge in [0.15, 0.2) is 0 Å². The summed E-state index contributed by atoms with van der Waals surface area (Å²) in [7, 11) is 2.23. The van der Waals surface area contributed by atoms with E-state index in [1.807, 2.05) is 0 Å².